The Morgan fingerprint density at radius 1 is 0.220 bits per heavy atom. The standard InChI is InChI=1S/C79H51B3N4O5/c1-83-65-48-69-62(46-61(65)80-59-36-20-22-38-67(59)87-72-41-56(40-66(83)77(72)80)84(50-24-8-2-9-25-50)51-26-10-3-11-27-51)82-64-47-63-70(49-71(64)91-76-45-58(44-75(89-69)79(76)82)86(54-32-16-6-17-33-54)55-34-18-7-19-35-55)90-74-43-57(42-73-78(74)81(63)60-37-21-23-39-68(60)88-73)85(52-28-12-4-13-29-52)53-30-14-5-15-31-53/h2-49H,1H3. The van der Waals surface area contributed by atoms with Crippen molar-refractivity contribution < 1.29 is 23.7 Å². The van der Waals surface area contributed by atoms with Gasteiger partial charge >= 0.3 is 0 Å². The van der Waals surface area contributed by atoms with Crippen molar-refractivity contribution in [2.24, 2.45) is 0 Å². The van der Waals surface area contributed by atoms with Crippen LogP contribution in [0, 0.1) is 0 Å². The van der Waals surface area contributed by atoms with E-state index >= 15 is 0 Å². The summed E-state index contributed by atoms with van der Waals surface area (Å²) in [6.07, 6.45) is 0. The average molecular weight is 1170 g/mol. The smallest absolute Gasteiger partial charge is 0.260 e. The Morgan fingerprint density at radius 2 is 0.505 bits per heavy atom. The van der Waals surface area contributed by atoms with Gasteiger partial charge in [0.15, 0.2) is 0 Å². The summed E-state index contributed by atoms with van der Waals surface area (Å²) in [7, 11) is 2.18. The molecule has 0 radical (unpaired) electrons. The summed E-state index contributed by atoms with van der Waals surface area (Å²) in [5.74, 6) is 7.56. The van der Waals surface area contributed by atoms with E-state index < -0.39 is 0 Å². The largest absolute Gasteiger partial charge is 0.458 e. The number of ether oxygens (including phenoxy) is 5. The maximum absolute atomic E-state index is 7.51. The summed E-state index contributed by atoms with van der Waals surface area (Å²) < 4.78 is 36.4. The van der Waals surface area contributed by atoms with Crippen molar-refractivity contribution in [2.45, 2.75) is 0 Å². The monoisotopic (exact) mass is 1170 g/mol. The van der Waals surface area contributed by atoms with Crippen LogP contribution in [-0.4, -0.2) is 27.2 Å². The van der Waals surface area contributed by atoms with Gasteiger partial charge in [-0.1, -0.05) is 158 Å². The van der Waals surface area contributed by atoms with Crippen LogP contribution in [0.5, 0.6) is 57.5 Å². The second-order valence-corrected chi connectivity index (χ2v) is 23.9. The van der Waals surface area contributed by atoms with E-state index in [-0.39, 0.29) is 20.1 Å². The minimum Gasteiger partial charge on any atom is -0.458 e. The van der Waals surface area contributed by atoms with Gasteiger partial charge < -0.3 is 43.3 Å². The molecule has 0 spiro atoms. The predicted octanol–water partition coefficient (Wildman–Crippen LogP) is 14.3. The Labute approximate surface area is 528 Å². The number of para-hydroxylation sites is 8. The summed E-state index contributed by atoms with van der Waals surface area (Å²) in [6, 6.07) is 102. The lowest BCUT2D eigenvalue weighted by molar-refractivity contribution is 0.452. The molecule has 13 aromatic rings. The Morgan fingerprint density at radius 3 is 0.890 bits per heavy atom. The normalized spacial score (nSPS) is 13.2. The lowest BCUT2D eigenvalue weighted by atomic mass is 9.30. The van der Waals surface area contributed by atoms with Crippen molar-refractivity contribution in [3.8, 4) is 57.5 Å². The fraction of sp³-hybridized carbons (Fsp3) is 0.0127. The number of hydrogen-bond acceptors (Lipinski definition) is 9. The zero-order valence-electron chi connectivity index (χ0n) is 49.3. The molecule has 0 saturated heterocycles. The zero-order chi connectivity index (χ0) is 59.8. The number of anilines is 11. The molecule has 0 aliphatic carbocycles. The molecule has 19 rings (SSSR count). The number of hydrogen-bond donors (Lipinski definition) is 0. The molecule has 91 heavy (non-hydrogen) atoms. The van der Waals surface area contributed by atoms with Crippen molar-refractivity contribution in [2.75, 3.05) is 26.6 Å². The first-order chi connectivity index (χ1) is 45.0. The number of fused-ring (bicyclic) bond motifs is 12. The quantitative estimate of drug-likeness (QED) is 0.132. The van der Waals surface area contributed by atoms with E-state index in [4.69, 9.17) is 23.7 Å². The molecule has 0 atom stereocenters. The predicted molar refractivity (Wildman–Crippen MR) is 372 cm³/mol. The molecule has 0 fully saturated rings. The second kappa shape index (κ2) is 20.1. The van der Waals surface area contributed by atoms with Crippen LogP contribution in [0.15, 0.2) is 291 Å². The number of benzene rings is 13. The first-order valence-electron chi connectivity index (χ1n) is 30.9. The van der Waals surface area contributed by atoms with Gasteiger partial charge in [0.05, 0.1) is 17.1 Å². The molecular formula is C79H51B3N4O5. The highest BCUT2D eigenvalue weighted by Gasteiger charge is 2.48. The molecule has 0 saturated carbocycles. The molecule has 0 aromatic heterocycles. The van der Waals surface area contributed by atoms with Gasteiger partial charge in [-0.2, -0.15) is 0 Å². The minimum atomic E-state index is -0.332. The molecule has 6 aliphatic heterocycles. The average Bonchev–Trinajstić information content (AvgIpc) is 0.711. The van der Waals surface area contributed by atoms with Gasteiger partial charge in [-0.25, -0.2) is 0 Å². The van der Waals surface area contributed by atoms with Crippen LogP contribution in [0.2, 0.25) is 0 Å². The van der Waals surface area contributed by atoms with Gasteiger partial charge in [0, 0.05) is 106 Å². The van der Waals surface area contributed by atoms with E-state index in [0.717, 1.165) is 158 Å². The number of rotatable bonds is 9. The van der Waals surface area contributed by atoms with Crippen molar-refractivity contribution in [3.05, 3.63) is 291 Å². The van der Waals surface area contributed by atoms with E-state index in [1.54, 1.807) is 0 Å². The molecule has 9 nitrogen and oxygen atoms in total. The van der Waals surface area contributed by atoms with E-state index in [1.165, 1.54) is 0 Å². The van der Waals surface area contributed by atoms with Gasteiger partial charge in [-0.05, 0) is 129 Å². The van der Waals surface area contributed by atoms with Gasteiger partial charge in [0.25, 0.3) is 20.1 Å². The van der Waals surface area contributed by atoms with Crippen LogP contribution in [0.3, 0.4) is 0 Å². The van der Waals surface area contributed by atoms with E-state index in [0.29, 0.717) is 11.5 Å². The van der Waals surface area contributed by atoms with Crippen LogP contribution < -0.4 is 92.4 Å². The highest BCUT2D eigenvalue weighted by atomic mass is 16.5. The van der Waals surface area contributed by atoms with Gasteiger partial charge in [-0.15, -0.1) is 0 Å². The van der Waals surface area contributed by atoms with Crippen molar-refractivity contribution in [3.63, 3.8) is 0 Å². The van der Waals surface area contributed by atoms with Gasteiger partial charge in [-0.3, -0.25) is 0 Å². The maximum Gasteiger partial charge on any atom is 0.260 e. The maximum atomic E-state index is 7.51. The molecule has 426 valence electrons. The molecule has 0 N–H and O–H groups in total. The van der Waals surface area contributed by atoms with Crippen molar-refractivity contribution in [1.82, 2.24) is 0 Å². The second-order valence-electron chi connectivity index (χ2n) is 23.9. The summed E-state index contributed by atoms with van der Waals surface area (Å²) in [5, 5.41) is 0. The Kier molecular flexibility index (Phi) is 11.4. The highest BCUT2D eigenvalue weighted by molar-refractivity contribution is 7.02. The van der Waals surface area contributed by atoms with E-state index in [2.05, 4.69) is 306 Å². The third-order valence-corrected chi connectivity index (χ3v) is 18.8. The van der Waals surface area contributed by atoms with Crippen molar-refractivity contribution >= 4 is 132 Å². The van der Waals surface area contributed by atoms with E-state index in [1.807, 2.05) is 12.1 Å². The Hall–Kier alpha value is -11.7. The molecule has 12 heteroatoms. The molecule has 0 bridgehead atoms. The first kappa shape index (κ1) is 51.3. The summed E-state index contributed by atoms with van der Waals surface area (Å²) in [5.41, 5.74) is 20.5. The van der Waals surface area contributed by atoms with Crippen molar-refractivity contribution in [1.29, 1.82) is 0 Å². The third kappa shape index (κ3) is 8.02. The number of nitrogens with zero attached hydrogens (tertiary/aromatic N) is 4. The molecule has 6 heterocycles. The van der Waals surface area contributed by atoms with Crippen LogP contribution >= 0.6 is 0 Å². The molecule has 0 unspecified atom stereocenters. The van der Waals surface area contributed by atoms with Crippen LogP contribution in [0.1, 0.15) is 0 Å². The minimum absolute atomic E-state index is 0.176. The van der Waals surface area contributed by atoms with Crippen LogP contribution in [0.4, 0.5) is 62.6 Å². The first-order valence-corrected chi connectivity index (χ1v) is 30.9. The third-order valence-electron chi connectivity index (χ3n) is 18.8. The Balaban J connectivity index is 0.820. The van der Waals surface area contributed by atoms with E-state index in [9.17, 15) is 0 Å². The molecule has 0 amide bonds. The Bertz CT molecular complexity index is 4990. The lowest BCUT2D eigenvalue weighted by Crippen LogP contribution is -2.64. The van der Waals surface area contributed by atoms with Gasteiger partial charge in [0.1, 0.15) is 57.5 Å². The fourth-order valence-electron chi connectivity index (χ4n) is 15.0. The summed E-state index contributed by atoms with van der Waals surface area (Å²) in [4.78, 5) is 9.17. The van der Waals surface area contributed by atoms with Gasteiger partial charge in [0.2, 0.25) is 0 Å². The summed E-state index contributed by atoms with van der Waals surface area (Å²) in [6.45, 7) is -0.740. The fourth-order valence-corrected chi connectivity index (χ4v) is 15.0. The lowest BCUT2D eigenvalue weighted by Gasteiger charge is -2.41. The zero-order valence-corrected chi connectivity index (χ0v) is 49.3. The SMILES string of the molecule is CN1c2cc3c(cc2B2c4ccccc4Oc4cc(N(c5ccccc5)c5ccccc5)cc1c42)B1c2cc4c(cc2Oc2cc(N(c5ccccc5)c5ccccc5)cc(c21)O3)Oc1cc(N(c2ccccc2)c2ccccc2)cc2c1B4c1ccccc1O2. The molecular weight excluding hydrogens is 1120 g/mol. The highest BCUT2D eigenvalue weighted by Crippen LogP contribution is 2.49. The van der Waals surface area contributed by atoms with Crippen LogP contribution in [-0.2, 0) is 0 Å². The summed E-state index contributed by atoms with van der Waals surface area (Å²) >= 11 is 0. The topological polar surface area (TPSA) is 59.1 Å². The molecule has 6 aliphatic rings. The van der Waals surface area contributed by atoms with Crippen LogP contribution in [0.25, 0.3) is 0 Å². The molecule has 13 aromatic carbocycles.